The maximum atomic E-state index is 5.45. The van der Waals surface area contributed by atoms with Gasteiger partial charge in [-0.3, -0.25) is 0 Å². The number of anilines is 4. The smallest absolute Gasteiger partial charge is 0.229 e. The molecule has 0 amide bonds. The molecule has 0 unspecified atom stereocenters. The largest absolute Gasteiger partial charge is 0.378 e. The van der Waals surface area contributed by atoms with E-state index in [4.69, 9.17) is 4.74 Å². The molecule has 1 fully saturated rings. The van der Waals surface area contributed by atoms with E-state index in [-0.39, 0.29) is 0 Å². The molecular weight excluding hydrogens is 302 g/mol. The van der Waals surface area contributed by atoms with Gasteiger partial charge in [0.1, 0.15) is 5.82 Å². The molecule has 2 N–H and O–H groups in total. The Morgan fingerprint density at radius 3 is 2.83 bits per heavy atom. The summed E-state index contributed by atoms with van der Waals surface area (Å²) in [7, 11) is 0. The molecule has 0 saturated carbocycles. The van der Waals surface area contributed by atoms with Crippen molar-refractivity contribution in [1.82, 2.24) is 9.97 Å². The van der Waals surface area contributed by atoms with Gasteiger partial charge in [-0.15, -0.1) is 6.58 Å². The minimum absolute atomic E-state index is 0.585. The topological polar surface area (TPSA) is 62.3 Å². The molecule has 24 heavy (non-hydrogen) atoms. The molecule has 1 aliphatic rings. The van der Waals surface area contributed by atoms with Crippen LogP contribution in [0, 0.1) is 6.92 Å². The maximum absolute atomic E-state index is 5.45. The van der Waals surface area contributed by atoms with Gasteiger partial charge in [-0.05, 0) is 19.1 Å². The van der Waals surface area contributed by atoms with Crippen molar-refractivity contribution >= 4 is 23.1 Å². The van der Waals surface area contributed by atoms with Crippen LogP contribution in [-0.2, 0) is 4.74 Å². The minimum atomic E-state index is 0.585. The molecule has 6 nitrogen and oxygen atoms in total. The Balaban J connectivity index is 1.83. The first-order chi connectivity index (χ1) is 11.8. The van der Waals surface area contributed by atoms with Gasteiger partial charge in [0.15, 0.2) is 0 Å². The zero-order valence-corrected chi connectivity index (χ0v) is 14.0. The Morgan fingerprint density at radius 2 is 2.04 bits per heavy atom. The van der Waals surface area contributed by atoms with Crippen molar-refractivity contribution in [2.45, 2.75) is 6.92 Å². The van der Waals surface area contributed by atoms with Crippen molar-refractivity contribution in [1.29, 1.82) is 0 Å². The molecular formula is C18H23N5O. The van der Waals surface area contributed by atoms with Crippen molar-refractivity contribution in [3.8, 4) is 0 Å². The number of aryl methyl sites for hydroxylation is 1. The van der Waals surface area contributed by atoms with E-state index in [1.807, 2.05) is 31.2 Å². The molecule has 0 radical (unpaired) electrons. The summed E-state index contributed by atoms with van der Waals surface area (Å²) in [6.07, 6.45) is 1.80. The molecule has 0 aliphatic carbocycles. The van der Waals surface area contributed by atoms with Crippen molar-refractivity contribution in [3.63, 3.8) is 0 Å². The van der Waals surface area contributed by atoms with Crippen LogP contribution in [0.1, 0.15) is 5.69 Å². The zero-order chi connectivity index (χ0) is 16.8. The highest BCUT2D eigenvalue weighted by Crippen LogP contribution is 2.28. The predicted octanol–water partition coefficient (Wildman–Crippen LogP) is 2.96. The second kappa shape index (κ2) is 7.79. The van der Waals surface area contributed by atoms with Crippen LogP contribution in [-0.4, -0.2) is 42.8 Å². The summed E-state index contributed by atoms with van der Waals surface area (Å²) in [5, 5.41) is 6.56. The maximum Gasteiger partial charge on any atom is 0.229 e. The van der Waals surface area contributed by atoms with Gasteiger partial charge in [-0.2, -0.15) is 4.98 Å². The Morgan fingerprint density at radius 1 is 1.25 bits per heavy atom. The van der Waals surface area contributed by atoms with E-state index < -0.39 is 0 Å². The van der Waals surface area contributed by atoms with Crippen LogP contribution in [0.15, 0.2) is 43.0 Å². The van der Waals surface area contributed by atoms with Gasteiger partial charge >= 0.3 is 0 Å². The minimum Gasteiger partial charge on any atom is -0.378 e. The second-order valence-electron chi connectivity index (χ2n) is 5.63. The number of morpholine rings is 1. The molecule has 126 valence electrons. The number of rotatable bonds is 6. The lowest BCUT2D eigenvalue weighted by Crippen LogP contribution is -2.36. The number of para-hydroxylation sites is 2. The predicted molar refractivity (Wildman–Crippen MR) is 98.2 cm³/mol. The molecule has 2 aromatic rings. The van der Waals surface area contributed by atoms with Gasteiger partial charge in [0.2, 0.25) is 5.95 Å². The van der Waals surface area contributed by atoms with E-state index in [9.17, 15) is 0 Å². The zero-order valence-electron chi connectivity index (χ0n) is 14.0. The van der Waals surface area contributed by atoms with Crippen LogP contribution in [0.25, 0.3) is 0 Å². The molecule has 6 heteroatoms. The summed E-state index contributed by atoms with van der Waals surface area (Å²) >= 11 is 0. The number of ether oxygens (including phenoxy) is 1. The molecule has 1 aliphatic heterocycles. The lowest BCUT2D eigenvalue weighted by Gasteiger charge is -2.30. The molecule has 1 aromatic heterocycles. The number of hydrogen-bond donors (Lipinski definition) is 2. The third-order valence-corrected chi connectivity index (χ3v) is 3.78. The average molecular weight is 325 g/mol. The van der Waals surface area contributed by atoms with E-state index in [0.29, 0.717) is 12.5 Å². The van der Waals surface area contributed by atoms with E-state index in [1.165, 1.54) is 0 Å². The fourth-order valence-electron chi connectivity index (χ4n) is 2.67. The number of aromatic nitrogens is 2. The first-order valence-electron chi connectivity index (χ1n) is 8.15. The summed E-state index contributed by atoms with van der Waals surface area (Å²) in [5.41, 5.74) is 3.05. The summed E-state index contributed by atoms with van der Waals surface area (Å²) < 4.78 is 5.45. The number of nitrogens with one attached hydrogen (secondary N) is 2. The van der Waals surface area contributed by atoms with E-state index in [1.54, 1.807) is 6.08 Å². The lowest BCUT2D eigenvalue weighted by molar-refractivity contribution is 0.123. The molecule has 3 rings (SSSR count). The molecule has 0 spiro atoms. The summed E-state index contributed by atoms with van der Waals surface area (Å²) in [5.74, 6) is 1.37. The van der Waals surface area contributed by atoms with Crippen LogP contribution in [0.3, 0.4) is 0 Å². The van der Waals surface area contributed by atoms with Gasteiger partial charge in [-0.1, -0.05) is 18.2 Å². The van der Waals surface area contributed by atoms with Gasteiger partial charge < -0.3 is 20.3 Å². The number of nitrogens with zero attached hydrogens (tertiary/aromatic N) is 3. The Bertz CT molecular complexity index is 698. The Hall–Kier alpha value is -2.60. The van der Waals surface area contributed by atoms with Crippen molar-refractivity contribution in [2.75, 3.05) is 48.4 Å². The number of benzene rings is 1. The van der Waals surface area contributed by atoms with E-state index in [2.05, 4.69) is 38.1 Å². The summed E-state index contributed by atoms with van der Waals surface area (Å²) in [6, 6.07) is 10.1. The Kier molecular flexibility index (Phi) is 5.28. The standard InChI is InChI=1S/C18H23N5O/c1-3-8-19-17-13-14(2)20-18(22-17)21-15-6-4-5-7-16(15)23-9-11-24-12-10-23/h3-7,13H,1,8-12H2,2H3,(H2,19,20,21,22). The van der Waals surface area contributed by atoms with Crippen molar-refractivity contribution in [3.05, 3.63) is 48.7 Å². The molecule has 0 atom stereocenters. The third kappa shape index (κ3) is 4.02. The molecule has 2 heterocycles. The van der Waals surface area contributed by atoms with E-state index >= 15 is 0 Å². The fraction of sp³-hybridized carbons (Fsp3) is 0.333. The van der Waals surface area contributed by atoms with Gasteiger partial charge in [0, 0.05) is 31.4 Å². The monoisotopic (exact) mass is 325 g/mol. The quantitative estimate of drug-likeness (QED) is 0.796. The number of hydrogen-bond acceptors (Lipinski definition) is 6. The van der Waals surface area contributed by atoms with Crippen LogP contribution >= 0.6 is 0 Å². The van der Waals surface area contributed by atoms with Crippen LogP contribution in [0.4, 0.5) is 23.1 Å². The first-order valence-corrected chi connectivity index (χ1v) is 8.15. The normalized spacial score (nSPS) is 14.3. The van der Waals surface area contributed by atoms with Gasteiger partial charge in [-0.25, -0.2) is 4.98 Å². The average Bonchev–Trinajstić information content (AvgIpc) is 2.61. The fourth-order valence-corrected chi connectivity index (χ4v) is 2.67. The lowest BCUT2D eigenvalue weighted by atomic mass is 10.2. The van der Waals surface area contributed by atoms with Crippen molar-refractivity contribution < 1.29 is 4.74 Å². The van der Waals surface area contributed by atoms with E-state index in [0.717, 1.165) is 49.2 Å². The summed E-state index contributed by atoms with van der Waals surface area (Å²) in [4.78, 5) is 11.3. The van der Waals surface area contributed by atoms with Crippen LogP contribution in [0.2, 0.25) is 0 Å². The summed E-state index contributed by atoms with van der Waals surface area (Å²) in [6.45, 7) is 9.63. The third-order valence-electron chi connectivity index (χ3n) is 3.78. The SMILES string of the molecule is C=CCNc1cc(C)nc(Nc2ccccc2N2CCOCC2)n1. The first kappa shape index (κ1) is 16.3. The molecule has 1 saturated heterocycles. The highest BCUT2D eigenvalue weighted by atomic mass is 16.5. The highest BCUT2D eigenvalue weighted by molar-refractivity contribution is 5.73. The van der Waals surface area contributed by atoms with Crippen molar-refractivity contribution in [2.24, 2.45) is 0 Å². The van der Waals surface area contributed by atoms with Gasteiger partial charge in [0.25, 0.3) is 0 Å². The van der Waals surface area contributed by atoms with Crippen LogP contribution < -0.4 is 15.5 Å². The Labute approximate surface area is 142 Å². The molecule has 1 aromatic carbocycles. The second-order valence-corrected chi connectivity index (χ2v) is 5.63. The highest BCUT2D eigenvalue weighted by Gasteiger charge is 2.15. The van der Waals surface area contributed by atoms with Gasteiger partial charge in [0.05, 0.1) is 24.6 Å². The molecule has 0 bridgehead atoms. The van der Waals surface area contributed by atoms with Crippen LogP contribution in [0.5, 0.6) is 0 Å².